The minimum Gasteiger partial charge on any atom is -0.447 e. The normalized spacial score (nSPS) is 28.2. The molecule has 2 aliphatic rings. The molecule has 0 unspecified atom stereocenters. The molecular weight excluding hydrogens is 322 g/mol. The summed E-state index contributed by atoms with van der Waals surface area (Å²) < 4.78 is 10.6. The number of benzene rings is 1. The summed E-state index contributed by atoms with van der Waals surface area (Å²) in [7, 11) is 0. The number of rotatable bonds is 9. The summed E-state index contributed by atoms with van der Waals surface area (Å²) in [4.78, 5) is 13.3. The van der Waals surface area contributed by atoms with Crippen molar-refractivity contribution in [2.24, 2.45) is 0 Å². The van der Waals surface area contributed by atoms with E-state index >= 15 is 0 Å². The molecule has 6 heteroatoms. The SMILES string of the molecule is O=C1OC[C@H]2[C@H](O)[C@@H](O)[C@H](CCCCCCOCc3ccccc3)N12. The van der Waals surface area contributed by atoms with E-state index < -0.39 is 18.3 Å². The van der Waals surface area contributed by atoms with Crippen LogP contribution in [0.5, 0.6) is 0 Å². The Hall–Kier alpha value is -1.63. The lowest BCUT2D eigenvalue weighted by Gasteiger charge is -2.22. The third kappa shape index (κ3) is 4.32. The van der Waals surface area contributed by atoms with Crippen molar-refractivity contribution in [3.63, 3.8) is 0 Å². The Bertz CT molecular complexity index is 552. The van der Waals surface area contributed by atoms with E-state index in [0.717, 1.165) is 32.3 Å². The molecule has 2 fully saturated rings. The molecule has 0 saturated carbocycles. The maximum Gasteiger partial charge on any atom is 0.410 e. The number of carbonyl (C=O) groups is 1. The number of cyclic esters (lactones) is 1. The molecule has 2 saturated heterocycles. The number of hydrogen-bond acceptors (Lipinski definition) is 5. The second-order valence-corrected chi connectivity index (χ2v) is 6.84. The number of amides is 1. The molecule has 1 amide bonds. The molecule has 0 bridgehead atoms. The van der Waals surface area contributed by atoms with Crippen LogP contribution in [0.3, 0.4) is 0 Å². The fraction of sp³-hybridized carbons (Fsp3) is 0.632. The van der Waals surface area contributed by atoms with Gasteiger partial charge >= 0.3 is 6.09 Å². The summed E-state index contributed by atoms with van der Waals surface area (Å²) in [5, 5.41) is 20.2. The summed E-state index contributed by atoms with van der Waals surface area (Å²) in [5.74, 6) is 0. The molecule has 0 radical (unpaired) electrons. The van der Waals surface area contributed by atoms with Gasteiger partial charge in [0.25, 0.3) is 0 Å². The molecule has 3 rings (SSSR count). The van der Waals surface area contributed by atoms with E-state index in [1.807, 2.05) is 18.2 Å². The maximum absolute atomic E-state index is 11.7. The number of ether oxygens (including phenoxy) is 2. The first-order valence-corrected chi connectivity index (χ1v) is 9.11. The van der Waals surface area contributed by atoms with Crippen LogP contribution in [0.4, 0.5) is 4.79 Å². The Kier molecular flexibility index (Phi) is 6.29. The Morgan fingerprint density at radius 2 is 1.84 bits per heavy atom. The van der Waals surface area contributed by atoms with Crippen molar-refractivity contribution < 1.29 is 24.5 Å². The van der Waals surface area contributed by atoms with E-state index in [2.05, 4.69) is 12.1 Å². The van der Waals surface area contributed by atoms with Gasteiger partial charge in [-0.05, 0) is 18.4 Å². The number of aliphatic hydroxyl groups excluding tert-OH is 2. The number of unbranched alkanes of at least 4 members (excludes halogenated alkanes) is 3. The molecule has 1 aromatic carbocycles. The van der Waals surface area contributed by atoms with E-state index in [-0.39, 0.29) is 18.7 Å². The minimum absolute atomic E-state index is 0.173. The fourth-order valence-corrected chi connectivity index (χ4v) is 3.70. The number of carbonyl (C=O) groups excluding carboxylic acids is 1. The highest BCUT2D eigenvalue weighted by molar-refractivity contribution is 5.71. The van der Waals surface area contributed by atoms with Gasteiger partial charge in [0.05, 0.1) is 18.7 Å². The standard InChI is InChI=1S/C19H27NO5/c21-17-15(20-16(18(17)22)13-25-19(20)23)10-6-1-2-7-11-24-12-14-8-4-3-5-9-14/h3-5,8-9,15-18,21-22H,1-2,6-7,10-13H2/t15-,16-,17-,18-/m0/s1. The van der Waals surface area contributed by atoms with Crippen molar-refractivity contribution in [3.05, 3.63) is 35.9 Å². The van der Waals surface area contributed by atoms with Crippen LogP contribution < -0.4 is 0 Å². The monoisotopic (exact) mass is 349 g/mol. The smallest absolute Gasteiger partial charge is 0.410 e. The van der Waals surface area contributed by atoms with Crippen LogP contribution in [0.25, 0.3) is 0 Å². The van der Waals surface area contributed by atoms with Gasteiger partial charge in [0, 0.05) is 6.61 Å². The van der Waals surface area contributed by atoms with Gasteiger partial charge < -0.3 is 19.7 Å². The van der Waals surface area contributed by atoms with Crippen molar-refractivity contribution in [2.45, 2.75) is 63.0 Å². The highest BCUT2D eigenvalue weighted by Gasteiger charge is 2.53. The van der Waals surface area contributed by atoms with E-state index in [0.29, 0.717) is 13.0 Å². The van der Waals surface area contributed by atoms with Gasteiger partial charge in [0.15, 0.2) is 0 Å². The van der Waals surface area contributed by atoms with Crippen LogP contribution in [0.2, 0.25) is 0 Å². The van der Waals surface area contributed by atoms with Gasteiger partial charge in [-0.25, -0.2) is 4.79 Å². The zero-order chi connectivity index (χ0) is 17.6. The summed E-state index contributed by atoms with van der Waals surface area (Å²) in [6.45, 7) is 1.55. The average molecular weight is 349 g/mol. The Morgan fingerprint density at radius 3 is 2.64 bits per heavy atom. The van der Waals surface area contributed by atoms with Crippen LogP contribution in [0.15, 0.2) is 30.3 Å². The number of nitrogens with zero attached hydrogens (tertiary/aromatic N) is 1. The summed E-state index contributed by atoms with van der Waals surface area (Å²) in [5.41, 5.74) is 1.18. The van der Waals surface area contributed by atoms with Gasteiger partial charge in [0.2, 0.25) is 0 Å². The van der Waals surface area contributed by atoms with Gasteiger partial charge in [0.1, 0.15) is 18.8 Å². The van der Waals surface area contributed by atoms with Crippen molar-refractivity contribution in [3.8, 4) is 0 Å². The predicted octanol–water partition coefficient (Wildman–Crippen LogP) is 2.08. The van der Waals surface area contributed by atoms with Gasteiger partial charge in [-0.3, -0.25) is 4.90 Å². The maximum atomic E-state index is 11.7. The highest BCUT2D eigenvalue weighted by Crippen LogP contribution is 2.33. The van der Waals surface area contributed by atoms with Crippen molar-refractivity contribution in [1.82, 2.24) is 4.90 Å². The Balaban J connectivity index is 1.28. The fourth-order valence-electron chi connectivity index (χ4n) is 3.70. The van der Waals surface area contributed by atoms with Crippen LogP contribution in [0, 0.1) is 0 Å². The first kappa shape index (κ1) is 18.2. The number of fused-ring (bicyclic) bond motifs is 1. The first-order chi connectivity index (χ1) is 12.2. The molecule has 2 aliphatic heterocycles. The molecule has 138 valence electrons. The molecule has 6 nitrogen and oxygen atoms in total. The number of hydrogen-bond donors (Lipinski definition) is 2. The molecule has 2 N–H and O–H groups in total. The van der Waals surface area contributed by atoms with E-state index in [4.69, 9.17) is 9.47 Å². The van der Waals surface area contributed by atoms with Crippen molar-refractivity contribution >= 4 is 6.09 Å². The molecular formula is C19H27NO5. The van der Waals surface area contributed by atoms with E-state index in [9.17, 15) is 15.0 Å². The topological polar surface area (TPSA) is 79.2 Å². The molecule has 0 aromatic heterocycles. The number of aliphatic hydroxyl groups is 2. The molecule has 1 aromatic rings. The largest absolute Gasteiger partial charge is 0.447 e. The van der Waals surface area contributed by atoms with E-state index in [1.165, 1.54) is 10.5 Å². The zero-order valence-corrected chi connectivity index (χ0v) is 14.4. The van der Waals surface area contributed by atoms with E-state index in [1.54, 1.807) is 0 Å². The molecule has 25 heavy (non-hydrogen) atoms. The highest BCUT2D eigenvalue weighted by atomic mass is 16.6. The molecule has 4 atom stereocenters. The van der Waals surface area contributed by atoms with Gasteiger partial charge in [-0.1, -0.05) is 49.6 Å². The quantitative estimate of drug-likeness (QED) is 0.667. The minimum atomic E-state index is -0.900. The first-order valence-electron chi connectivity index (χ1n) is 9.11. The summed E-state index contributed by atoms with van der Waals surface area (Å²) in [6.07, 6.45) is 2.47. The van der Waals surface area contributed by atoms with Gasteiger partial charge in [-0.2, -0.15) is 0 Å². The van der Waals surface area contributed by atoms with Crippen LogP contribution >= 0.6 is 0 Å². The van der Waals surface area contributed by atoms with Gasteiger partial charge in [-0.15, -0.1) is 0 Å². The van der Waals surface area contributed by atoms with Crippen molar-refractivity contribution in [1.29, 1.82) is 0 Å². The second kappa shape index (κ2) is 8.65. The Morgan fingerprint density at radius 1 is 1.08 bits per heavy atom. The lowest BCUT2D eigenvalue weighted by Crippen LogP contribution is -2.38. The third-order valence-electron chi connectivity index (χ3n) is 5.09. The lowest BCUT2D eigenvalue weighted by molar-refractivity contribution is 0.0168. The molecule has 0 aliphatic carbocycles. The molecule has 0 spiro atoms. The van der Waals surface area contributed by atoms with Crippen LogP contribution in [0.1, 0.15) is 37.7 Å². The molecule has 2 heterocycles. The summed E-state index contributed by atoms with van der Waals surface area (Å²) in [6, 6.07) is 9.40. The lowest BCUT2D eigenvalue weighted by atomic mass is 10.0. The summed E-state index contributed by atoms with van der Waals surface area (Å²) >= 11 is 0. The third-order valence-corrected chi connectivity index (χ3v) is 5.09. The predicted molar refractivity (Wildman–Crippen MR) is 92.0 cm³/mol. The Labute approximate surface area is 148 Å². The average Bonchev–Trinajstić information content (AvgIpc) is 3.11. The van der Waals surface area contributed by atoms with Crippen LogP contribution in [-0.4, -0.2) is 58.7 Å². The zero-order valence-electron chi connectivity index (χ0n) is 14.4. The van der Waals surface area contributed by atoms with Crippen molar-refractivity contribution in [2.75, 3.05) is 13.2 Å². The van der Waals surface area contributed by atoms with Crippen LogP contribution in [-0.2, 0) is 16.1 Å². The second-order valence-electron chi connectivity index (χ2n) is 6.84.